The van der Waals surface area contributed by atoms with E-state index in [2.05, 4.69) is 20.9 Å². The maximum atomic E-state index is 12.4. The Morgan fingerprint density at radius 2 is 1.52 bits per heavy atom. The fourth-order valence-electron chi connectivity index (χ4n) is 3.41. The summed E-state index contributed by atoms with van der Waals surface area (Å²) >= 11 is -1.50. The van der Waals surface area contributed by atoms with Crippen LogP contribution in [-0.4, -0.2) is 40.3 Å². The summed E-state index contributed by atoms with van der Waals surface area (Å²) in [4.78, 5) is 9.69. The first kappa shape index (κ1) is 26.6. The molecule has 1 saturated heterocycles. The van der Waals surface area contributed by atoms with Crippen molar-refractivity contribution in [2.45, 2.75) is 46.1 Å². The molecule has 0 amide bonds. The number of aryl methyl sites for hydroxylation is 1. The zero-order chi connectivity index (χ0) is 24.1. The third-order valence-corrected chi connectivity index (χ3v) is 6.09. The van der Waals surface area contributed by atoms with Crippen LogP contribution >= 0.6 is 0 Å². The van der Waals surface area contributed by atoms with E-state index < -0.39 is 11.1 Å². The molecule has 2 heterocycles. The summed E-state index contributed by atoms with van der Waals surface area (Å²) in [7, 11) is 0. The topological polar surface area (TPSA) is 45.7 Å². The van der Waals surface area contributed by atoms with Gasteiger partial charge in [-0.2, -0.15) is 0 Å². The number of nitrogens with zero attached hydrogens (tertiary/aromatic N) is 3. The Kier molecular flexibility index (Phi) is 11.6. The Morgan fingerprint density at radius 1 is 0.879 bits per heavy atom. The van der Waals surface area contributed by atoms with Gasteiger partial charge in [-0.1, -0.05) is 51.5 Å². The van der Waals surface area contributed by atoms with Gasteiger partial charge in [-0.05, 0) is 55.0 Å². The molecular formula is C27H37N3O2S. The molecule has 1 aromatic heterocycles. The highest BCUT2D eigenvalue weighted by Crippen LogP contribution is 2.23. The number of hydrogen-bond acceptors (Lipinski definition) is 5. The number of piperazine rings is 1. The number of rotatable bonds is 6. The summed E-state index contributed by atoms with van der Waals surface area (Å²) in [6.07, 6.45) is 3.75. The average molecular weight is 468 g/mol. The predicted octanol–water partition coefficient (Wildman–Crippen LogP) is 5.87. The highest BCUT2D eigenvalue weighted by atomic mass is 32.2. The van der Waals surface area contributed by atoms with E-state index in [9.17, 15) is 4.21 Å². The minimum Gasteiger partial charge on any atom is -0.397 e. The van der Waals surface area contributed by atoms with Crippen LogP contribution in [0.25, 0.3) is 0 Å². The number of anilines is 1. The van der Waals surface area contributed by atoms with Gasteiger partial charge < -0.3 is 9.08 Å². The smallest absolute Gasteiger partial charge is 0.240 e. The van der Waals surface area contributed by atoms with Gasteiger partial charge in [0.1, 0.15) is 5.75 Å². The fourth-order valence-corrected chi connectivity index (χ4v) is 4.15. The Bertz CT molecular complexity index is 939. The lowest BCUT2D eigenvalue weighted by molar-refractivity contribution is 0.249. The second-order valence-corrected chi connectivity index (χ2v) is 8.36. The summed E-state index contributed by atoms with van der Waals surface area (Å²) in [5, 5.41) is 0. The molecule has 2 aromatic carbocycles. The number of aromatic nitrogens is 1. The molecule has 1 aliphatic heterocycles. The average Bonchev–Trinajstić information content (AvgIpc) is 2.88. The highest BCUT2D eigenvalue weighted by Gasteiger charge is 2.17. The summed E-state index contributed by atoms with van der Waals surface area (Å²) in [5.41, 5.74) is 3.55. The molecule has 0 spiro atoms. The minimum absolute atomic E-state index is 0.614. The van der Waals surface area contributed by atoms with E-state index in [4.69, 9.17) is 4.18 Å². The van der Waals surface area contributed by atoms with Crippen LogP contribution in [0, 0.1) is 6.92 Å². The SMILES string of the molecule is CC.CC.Cc1ccc(S(=O)Oc2ccc(N3CCN(Cc4cccnc4)CC3)cc2)cc1. The molecule has 0 aliphatic carbocycles. The van der Waals surface area contributed by atoms with E-state index in [1.165, 1.54) is 11.3 Å². The Morgan fingerprint density at radius 3 is 2.09 bits per heavy atom. The molecule has 0 bridgehead atoms. The Hall–Kier alpha value is -2.70. The van der Waals surface area contributed by atoms with Gasteiger partial charge in [0.2, 0.25) is 11.1 Å². The van der Waals surface area contributed by atoms with E-state index in [0.717, 1.165) is 38.3 Å². The van der Waals surface area contributed by atoms with Crippen molar-refractivity contribution in [1.82, 2.24) is 9.88 Å². The van der Waals surface area contributed by atoms with Crippen molar-refractivity contribution in [2.24, 2.45) is 0 Å². The Balaban J connectivity index is 0.000000914. The molecule has 0 radical (unpaired) electrons. The molecule has 1 atom stereocenters. The first-order valence-corrected chi connectivity index (χ1v) is 12.9. The third kappa shape index (κ3) is 8.30. The summed E-state index contributed by atoms with van der Waals surface area (Å²) in [6.45, 7) is 14.9. The highest BCUT2D eigenvalue weighted by molar-refractivity contribution is 7.80. The summed E-state index contributed by atoms with van der Waals surface area (Å²) < 4.78 is 18.0. The minimum atomic E-state index is -1.50. The molecule has 4 rings (SSSR count). The largest absolute Gasteiger partial charge is 0.397 e. The molecule has 1 unspecified atom stereocenters. The molecular weight excluding hydrogens is 430 g/mol. The van der Waals surface area contributed by atoms with Gasteiger partial charge in [-0.3, -0.25) is 9.88 Å². The molecule has 178 valence electrons. The maximum Gasteiger partial charge on any atom is 0.240 e. The van der Waals surface area contributed by atoms with Crippen LogP contribution in [0.15, 0.2) is 78.0 Å². The van der Waals surface area contributed by atoms with Gasteiger partial charge in [0.25, 0.3) is 0 Å². The van der Waals surface area contributed by atoms with Crippen LogP contribution in [0.1, 0.15) is 38.8 Å². The van der Waals surface area contributed by atoms with Gasteiger partial charge >= 0.3 is 0 Å². The van der Waals surface area contributed by atoms with Crippen molar-refractivity contribution < 1.29 is 8.39 Å². The normalized spacial score (nSPS) is 14.3. The summed E-state index contributed by atoms with van der Waals surface area (Å²) in [6, 6.07) is 19.5. The second kappa shape index (κ2) is 14.4. The van der Waals surface area contributed by atoms with Gasteiger partial charge in [-0.25, -0.2) is 4.21 Å². The standard InChI is InChI=1S/C23H25N3O2S.2C2H6/c1-19-4-10-23(11-5-19)29(27)28-22-8-6-21(7-9-22)26-15-13-25(14-16-26)18-20-3-2-12-24-17-20;2*1-2/h2-12,17H,13-16,18H2,1H3;2*1-2H3. The van der Waals surface area contributed by atoms with Gasteiger partial charge in [-0.15, -0.1) is 0 Å². The lowest BCUT2D eigenvalue weighted by Gasteiger charge is -2.36. The van der Waals surface area contributed by atoms with E-state index in [1.54, 1.807) is 0 Å². The molecule has 0 N–H and O–H groups in total. The summed E-state index contributed by atoms with van der Waals surface area (Å²) in [5.74, 6) is 0.614. The lowest BCUT2D eigenvalue weighted by Crippen LogP contribution is -2.45. The monoisotopic (exact) mass is 467 g/mol. The zero-order valence-electron chi connectivity index (χ0n) is 20.5. The molecule has 0 saturated carbocycles. The maximum absolute atomic E-state index is 12.4. The van der Waals surface area contributed by atoms with Gasteiger partial charge in [0.05, 0.1) is 4.90 Å². The lowest BCUT2D eigenvalue weighted by atomic mass is 10.2. The molecule has 33 heavy (non-hydrogen) atoms. The van der Waals surface area contributed by atoms with Crippen LogP contribution < -0.4 is 9.08 Å². The van der Waals surface area contributed by atoms with E-state index in [0.29, 0.717) is 10.6 Å². The first-order chi connectivity index (χ1) is 16.2. The van der Waals surface area contributed by atoms with Crippen LogP contribution in [-0.2, 0) is 17.6 Å². The molecule has 5 nitrogen and oxygen atoms in total. The first-order valence-electron chi connectivity index (χ1n) is 11.8. The fraction of sp³-hybridized carbons (Fsp3) is 0.370. The molecule has 1 fully saturated rings. The number of benzene rings is 2. The molecule has 1 aliphatic rings. The predicted molar refractivity (Wildman–Crippen MR) is 139 cm³/mol. The van der Waals surface area contributed by atoms with Gasteiger partial charge in [0, 0.05) is 50.8 Å². The van der Waals surface area contributed by atoms with Crippen LogP contribution in [0.3, 0.4) is 0 Å². The van der Waals surface area contributed by atoms with Gasteiger partial charge in [0.15, 0.2) is 0 Å². The molecule has 6 heteroatoms. The van der Waals surface area contributed by atoms with Crippen LogP contribution in [0.2, 0.25) is 0 Å². The second-order valence-electron chi connectivity index (χ2n) is 7.25. The van der Waals surface area contributed by atoms with Crippen molar-refractivity contribution in [3.05, 3.63) is 84.2 Å². The van der Waals surface area contributed by atoms with E-state index in [-0.39, 0.29) is 0 Å². The Labute approximate surface area is 202 Å². The third-order valence-electron chi connectivity index (χ3n) is 5.09. The van der Waals surface area contributed by atoms with E-state index in [1.807, 2.05) is 102 Å². The number of pyridine rings is 1. The number of hydrogen-bond donors (Lipinski definition) is 0. The quantitative estimate of drug-likeness (QED) is 0.454. The van der Waals surface area contributed by atoms with Crippen LogP contribution in [0.5, 0.6) is 5.75 Å². The molecule has 3 aromatic rings. The van der Waals surface area contributed by atoms with Crippen molar-refractivity contribution in [1.29, 1.82) is 0 Å². The van der Waals surface area contributed by atoms with Crippen LogP contribution in [0.4, 0.5) is 5.69 Å². The van der Waals surface area contributed by atoms with Crippen molar-refractivity contribution in [2.75, 3.05) is 31.1 Å². The van der Waals surface area contributed by atoms with E-state index >= 15 is 0 Å². The van der Waals surface area contributed by atoms with Crippen molar-refractivity contribution in [3.8, 4) is 5.75 Å². The van der Waals surface area contributed by atoms with Crippen molar-refractivity contribution >= 4 is 16.8 Å². The van der Waals surface area contributed by atoms with Crippen molar-refractivity contribution in [3.63, 3.8) is 0 Å². The zero-order valence-corrected chi connectivity index (χ0v) is 21.3.